The van der Waals surface area contributed by atoms with Gasteiger partial charge < -0.3 is 15.0 Å². The van der Waals surface area contributed by atoms with E-state index in [0.29, 0.717) is 6.29 Å². The molecule has 0 radical (unpaired) electrons. The molecule has 0 atom stereocenters. The van der Waals surface area contributed by atoms with E-state index in [1.807, 2.05) is 0 Å². The van der Waals surface area contributed by atoms with E-state index in [0.717, 1.165) is 6.92 Å². The summed E-state index contributed by atoms with van der Waals surface area (Å²) in [5.74, 6) is -2.20. The van der Waals surface area contributed by atoms with Crippen LogP contribution in [0.1, 0.15) is 6.92 Å². The molecular weight excluding hydrogens is 140 g/mol. The highest BCUT2D eigenvalue weighted by atomic mass is 16.4. The topological polar surface area (TPSA) is 91.7 Å². The zero-order valence-electron chi connectivity index (χ0n) is 5.40. The average Bonchev–Trinajstić information content (AvgIpc) is 1.89. The van der Waals surface area contributed by atoms with Crippen molar-refractivity contribution in [1.82, 2.24) is 0 Å². The first-order valence-corrected chi connectivity index (χ1v) is 2.34. The van der Waals surface area contributed by atoms with Crippen molar-refractivity contribution in [2.45, 2.75) is 6.92 Å². The van der Waals surface area contributed by atoms with Crippen LogP contribution in [0.25, 0.3) is 0 Å². The molecule has 0 saturated heterocycles. The minimum atomic E-state index is -1.38. The molecule has 5 heteroatoms. The molecule has 0 spiro atoms. The van der Waals surface area contributed by atoms with Crippen LogP contribution in [0, 0.1) is 0 Å². The molecular formula is C5H8O5. The lowest BCUT2D eigenvalue weighted by molar-refractivity contribution is -0.148. The van der Waals surface area contributed by atoms with Crippen molar-refractivity contribution in [3.8, 4) is 0 Å². The lowest BCUT2D eigenvalue weighted by atomic mass is 10.5. The monoisotopic (exact) mass is 148 g/mol. The quantitative estimate of drug-likeness (QED) is 0.380. The van der Waals surface area contributed by atoms with Gasteiger partial charge in [0, 0.05) is 6.92 Å². The van der Waals surface area contributed by atoms with Crippen molar-refractivity contribution >= 4 is 18.0 Å². The highest BCUT2D eigenvalue weighted by Gasteiger charge is 1.98. The summed E-state index contributed by atoms with van der Waals surface area (Å²) in [6.07, 6.45) is 0.431. The maximum absolute atomic E-state index is 9.54. The summed E-state index contributed by atoms with van der Waals surface area (Å²) in [4.78, 5) is 27.8. The number of carboxylic acids is 1. The van der Waals surface area contributed by atoms with Gasteiger partial charge in [-0.25, -0.2) is 4.79 Å². The van der Waals surface area contributed by atoms with E-state index < -0.39 is 11.8 Å². The van der Waals surface area contributed by atoms with Crippen LogP contribution >= 0.6 is 0 Å². The van der Waals surface area contributed by atoms with Crippen molar-refractivity contribution in [2.75, 3.05) is 6.61 Å². The highest BCUT2D eigenvalue weighted by molar-refractivity contribution is 6.31. The zero-order valence-corrected chi connectivity index (χ0v) is 5.40. The Bertz CT molecular complexity index is 116. The van der Waals surface area contributed by atoms with Gasteiger partial charge >= 0.3 is 5.97 Å². The summed E-state index contributed by atoms with van der Waals surface area (Å²) in [7, 11) is 0. The van der Waals surface area contributed by atoms with Gasteiger partial charge in [-0.2, -0.15) is 0 Å². The number of aliphatic hydroxyl groups excluding tert-OH is 1. The molecule has 0 fully saturated rings. The van der Waals surface area contributed by atoms with E-state index in [4.69, 9.17) is 15.0 Å². The number of aldehydes is 1. The first-order valence-electron chi connectivity index (χ1n) is 2.34. The second kappa shape index (κ2) is 7.77. The Morgan fingerprint density at radius 2 is 1.70 bits per heavy atom. The Morgan fingerprint density at radius 1 is 1.50 bits per heavy atom. The molecule has 58 valence electrons. The number of Topliss-reactive ketones (excluding diaryl/α,β-unsaturated/α-hetero) is 1. The lowest BCUT2D eigenvalue weighted by Gasteiger charge is -1.73. The second-order valence-corrected chi connectivity index (χ2v) is 1.21. The first kappa shape index (κ1) is 11.6. The molecule has 0 bridgehead atoms. The molecule has 0 aliphatic rings. The number of carboxylic acid groups (broad SMARTS) is 1. The van der Waals surface area contributed by atoms with Gasteiger partial charge in [-0.05, 0) is 0 Å². The van der Waals surface area contributed by atoms with E-state index in [2.05, 4.69) is 0 Å². The van der Waals surface area contributed by atoms with Gasteiger partial charge in [-0.15, -0.1) is 0 Å². The molecule has 0 rings (SSSR count). The minimum Gasteiger partial charge on any atom is -0.476 e. The van der Waals surface area contributed by atoms with Gasteiger partial charge in [0.15, 0.2) is 0 Å². The number of aliphatic hydroxyl groups is 1. The van der Waals surface area contributed by atoms with Crippen LogP contribution in [0.3, 0.4) is 0 Å². The lowest BCUT2D eigenvalue weighted by Crippen LogP contribution is -2.05. The van der Waals surface area contributed by atoms with Crippen molar-refractivity contribution in [2.24, 2.45) is 0 Å². The smallest absolute Gasteiger partial charge is 0.371 e. The Hall–Kier alpha value is -1.23. The third-order valence-corrected chi connectivity index (χ3v) is 0.376. The summed E-state index contributed by atoms with van der Waals surface area (Å²) in [5, 5.41) is 15.1. The van der Waals surface area contributed by atoms with E-state index in [-0.39, 0.29) is 6.61 Å². The number of aliphatic carboxylic acids is 1. The standard InChI is InChI=1S/C3H4O3.C2H4O2/c1-2(4)3(5)6;3-1-2-4/h1H3,(H,5,6);1,4H,2H2. The molecule has 0 amide bonds. The van der Waals surface area contributed by atoms with Crippen molar-refractivity contribution in [1.29, 1.82) is 0 Å². The van der Waals surface area contributed by atoms with Crippen molar-refractivity contribution in [3.63, 3.8) is 0 Å². The summed E-state index contributed by atoms with van der Waals surface area (Å²) in [6.45, 7) is 0.641. The number of ketones is 1. The van der Waals surface area contributed by atoms with Gasteiger partial charge in [-0.3, -0.25) is 4.79 Å². The van der Waals surface area contributed by atoms with Crippen LogP contribution in [0.2, 0.25) is 0 Å². The molecule has 0 unspecified atom stereocenters. The summed E-state index contributed by atoms with van der Waals surface area (Å²) < 4.78 is 0. The fourth-order valence-corrected chi connectivity index (χ4v) is 0. The van der Waals surface area contributed by atoms with Crippen LogP contribution in [0.4, 0.5) is 0 Å². The molecule has 0 saturated carbocycles. The summed E-state index contributed by atoms with van der Waals surface area (Å²) >= 11 is 0. The minimum absolute atomic E-state index is 0.361. The third kappa shape index (κ3) is 15.9. The Kier molecular flexibility index (Phi) is 8.98. The maximum atomic E-state index is 9.54. The van der Waals surface area contributed by atoms with Crippen LogP contribution in [-0.4, -0.2) is 34.9 Å². The SMILES string of the molecule is CC(=O)C(=O)O.O=CCO. The molecule has 10 heavy (non-hydrogen) atoms. The predicted octanol–water partition coefficient (Wildman–Crippen LogP) is -1.16. The van der Waals surface area contributed by atoms with E-state index in [1.54, 1.807) is 0 Å². The van der Waals surface area contributed by atoms with Crippen LogP contribution in [-0.2, 0) is 14.4 Å². The van der Waals surface area contributed by atoms with Gasteiger partial charge in [0.2, 0.25) is 5.78 Å². The maximum Gasteiger partial charge on any atom is 0.371 e. The normalized spacial score (nSPS) is 7.00. The number of hydrogen-bond acceptors (Lipinski definition) is 4. The Balaban J connectivity index is 0. The van der Waals surface area contributed by atoms with E-state index in [1.165, 1.54) is 0 Å². The Morgan fingerprint density at radius 3 is 1.70 bits per heavy atom. The highest BCUT2D eigenvalue weighted by Crippen LogP contribution is 1.61. The van der Waals surface area contributed by atoms with Gasteiger partial charge in [0.1, 0.15) is 6.29 Å². The molecule has 0 heterocycles. The summed E-state index contributed by atoms with van der Waals surface area (Å²) in [6, 6.07) is 0. The zero-order chi connectivity index (χ0) is 8.57. The molecule has 0 aromatic carbocycles. The molecule has 0 aromatic heterocycles. The average molecular weight is 148 g/mol. The second-order valence-electron chi connectivity index (χ2n) is 1.21. The molecule has 5 nitrogen and oxygen atoms in total. The molecule has 2 N–H and O–H groups in total. The van der Waals surface area contributed by atoms with E-state index in [9.17, 15) is 9.59 Å². The molecule has 0 aromatic rings. The predicted molar refractivity (Wildman–Crippen MR) is 31.5 cm³/mol. The fourth-order valence-electron chi connectivity index (χ4n) is 0. The third-order valence-electron chi connectivity index (χ3n) is 0.376. The first-order chi connectivity index (χ1) is 4.56. The van der Waals surface area contributed by atoms with Crippen molar-refractivity contribution < 1.29 is 24.6 Å². The fraction of sp³-hybridized carbons (Fsp3) is 0.400. The van der Waals surface area contributed by atoms with Gasteiger partial charge in [-0.1, -0.05) is 0 Å². The molecule has 0 aliphatic carbocycles. The van der Waals surface area contributed by atoms with Gasteiger partial charge in [0.25, 0.3) is 0 Å². The van der Waals surface area contributed by atoms with Crippen LogP contribution in [0.5, 0.6) is 0 Å². The Labute approximate surface area is 57.3 Å². The van der Waals surface area contributed by atoms with E-state index >= 15 is 0 Å². The molecule has 0 aliphatic heterocycles. The van der Waals surface area contributed by atoms with Crippen LogP contribution in [0.15, 0.2) is 0 Å². The number of carbonyl (C=O) groups is 3. The number of carbonyl (C=O) groups excluding carboxylic acids is 2. The number of rotatable bonds is 2. The van der Waals surface area contributed by atoms with Gasteiger partial charge in [0.05, 0.1) is 6.61 Å². The van der Waals surface area contributed by atoms with Crippen molar-refractivity contribution in [3.05, 3.63) is 0 Å². The van der Waals surface area contributed by atoms with Crippen LogP contribution < -0.4 is 0 Å². The largest absolute Gasteiger partial charge is 0.476 e. The number of hydrogen-bond donors (Lipinski definition) is 2. The summed E-state index contributed by atoms with van der Waals surface area (Å²) in [5.41, 5.74) is 0.